The lowest BCUT2D eigenvalue weighted by Crippen LogP contribution is -2.05. The van der Waals surface area contributed by atoms with E-state index in [1.165, 1.54) is 21.5 Å². The van der Waals surface area contributed by atoms with Crippen LogP contribution >= 0.6 is 0 Å². The Labute approximate surface area is 164 Å². The van der Waals surface area contributed by atoms with Gasteiger partial charge in [-0.3, -0.25) is 4.99 Å². The Balaban J connectivity index is 1.69. The van der Waals surface area contributed by atoms with Crippen LogP contribution in [0, 0.1) is 0 Å². The van der Waals surface area contributed by atoms with E-state index in [4.69, 9.17) is 4.74 Å². The van der Waals surface area contributed by atoms with E-state index in [9.17, 15) is 4.79 Å². The first-order chi connectivity index (χ1) is 13.8. The molecule has 3 nitrogen and oxygen atoms in total. The standard InChI is InChI=1S/C25H21NO2/c1-2-15-28-25(27)18-11-13-21(14-12-18)26-17-24-22-9-5-3-7-19(22)16-20-8-4-6-10-23(20)24/h3-14,16-17H,2,15H2,1H3. The Morgan fingerprint density at radius 3 is 2.11 bits per heavy atom. The third-order valence-corrected chi connectivity index (χ3v) is 4.70. The van der Waals surface area contributed by atoms with Crippen molar-refractivity contribution < 1.29 is 9.53 Å². The molecule has 3 heteroatoms. The molecule has 0 aliphatic carbocycles. The number of esters is 1. The zero-order valence-corrected chi connectivity index (χ0v) is 15.8. The van der Waals surface area contributed by atoms with Crippen LogP contribution < -0.4 is 0 Å². The highest BCUT2D eigenvalue weighted by Gasteiger charge is 2.07. The number of rotatable bonds is 5. The van der Waals surface area contributed by atoms with Crippen LogP contribution in [0.25, 0.3) is 21.5 Å². The molecule has 4 rings (SSSR count). The van der Waals surface area contributed by atoms with Crippen LogP contribution in [0.4, 0.5) is 5.69 Å². The van der Waals surface area contributed by atoms with Crippen LogP contribution in [-0.4, -0.2) is 18.8 Å². The van der Waals surface area contributed by atoms with Gasteiger partial charge < -0.3 is 4.74 Å². The van der Waals surface area contributed by atoms with Gasteiger partial charge in [-0.25, -0.2) is 4.79 Å². The van der Waals surface area contributed by atoms with Gasteiger partial charge in [0, 0.05) is 11.8 Å². The Morgan fingerprint density at radius 2 is 1.50 bits per heavy atom. The maximum atomic E-state index is 11.9. The summed E-state index contributed by atoms with van der Waals surface area (Å²) in [5.41, 5.74) is 2.44. The van der Waals surface area contributed by atoms with Crippen molar-refractivity contribution in [2.75, 3.05) is 6.61 Å². The van der Waals surface area contributed by atoms with E-state index in [2.05, 4.69) is 35.3 Å². The molecule has 0 heterocycles. The average molecular weight is 367 g/mol. The summed E-state index contributed by atoms with van der Waals surface area (Å²) in [5.74, 6) is -0.294. The van der Waals surface area contributed by atoms with Crippen molar-refractivity contribution in [2.45, 2.75) is 13.3 Å². The summed E-state index contributed by atoms with van der Waals surface area (Å²) < 4.78 is 5.17. The second-order valence-corrected chi connectivity index (χ2v) is 6.67. The highest BCUT2D eigenvalue weighted by atomic mass is 16.5. The monoisotopic (exact) mass is 367 g/mol. The Hall–Kier alpha value is -3.46. The number of carbonyl (C=O) groups is 1. The van der Waals surface area contributed by atoms with Crippen LogP contribution in [-0.2, 0) is 4.74 Å². The van der Waals surface area contributed by atoms with Crippen molar-refractivity contribution in [1.29, 1.82) is 0 Å². The molecule has 0 spiro atoms. The maximum absolute atomic E-state index is 11.9. The second kappa shape index (κ2) is 8.05. The van der Waals surface area contributed by atoms with Crippen molar-refractivity contribution in [3.05, 3.63) is 90.0 Å². The maximum Gasteiger partial charge on any atom is 0.338 e. The quantitative estimate of drug-likeness (QED) is 0.235. The lowest BCUT2D eigenvalue weighted by molar-refractivity contribution is 0.0505. The van der Waals surface area contributed by atoms with E-state index >= 15 is 0 Å². The van der Waals surface area contributed by atoms with Crippen molar-refractivity contribution in [3.63, 3.8) is 0 Å². The summed E-state index contributed by atoms with van der Waals surface area (Å²) in [4.78, 5) is 16.6. The largest absolute Gasteiger partial charge is 0.462 e. The third-order valence-electron chi connectivity index (χ3n) is 4.70. The molecule has 0 aliphatic rings. The molecule has 4 aromatic rings. The summed E-state index contributed by atoms with van der Waals surface area (Å²) in [6.07, 6.45) is 2.72. The van der Waals surface area contributed by atoms with Crippen molar-refractivity contribution in [1.82, 2.24) is 0 Å². The predicted octanol–water partition coefficient (Wildman–Crippen LogP) is 6.31. The van der Waals surface area contributed by atoms with Gasteiger partial charge in [-0.05, 0) is 58.3 Å². The first kappa shape index (κ1) is 17.9. The highest BCUT2D eigenvalue weighted by molar-refractivity contribution is 6.13. The van der Waals surface area contributed by atoms with Gasteiger partial charge in [0.15, 0.2) is 0 Å². The van der Waals surface area contributed by atoms with Gasteiger partial charge in [0.25, 0.3) is 0 Å². The smallest absolute Gasteiger partial charge is 0.338 e. The summed E-state index contributed by atoms with van der Waals surface area (Å²) in [6.45, 7) is 2.41. The zero-order valence-electron chi connectivity index (χ0n) is 15.8. The molecule has 0 atom stereocenters. The topological polar surface area (TPSA) is 38.7 Å². The van der Waals surface area contributed by atoms with Gasteiger partial charge >= 0.3 is 5.97 Å². The van der Waals surface area contributed by atoms with Gasteiger partial charge in [-0.1, -0.05) is 55.5 Å². The van der Waals surface area contributed by atoms with E-state index in [1.54, 1.807) is 12.1 Å². The minimum Gasteiger partial charge on any atom is -0.462 e. The Bertz CT molecular complexity index is 1110. The molecule has 0 aliphatic heterocycles. The molecule has 0 aromatic heterocycles. The number of nitrogens with zero attached hydrogens (tertiary/aromatic N) is 1. The molecule has 0 amide bonds. The van der Waals surface area contributed by atoms with Gasteiger partial charge in [0.2, 0.25) is 0 Å². The summed E-state index contributed by atoms with van der Waals surface area (Å²) in [6, 6.07) is 26.1. The lowest BCUT2D eigenvalue weighted by Gasteiger charge is -2.08. The summed E-state index contributed by atoms with van der Waals surface area (Å²) >= 11 is 0. The molecular weight excluding hydrogens is 346 g/mol. The molecule has 138 valence electrons. The van der Waals surface area contributed by atoms with Gasteiger partial charge in [-0.2, -0.15) is 0 Å². The van der Waals surface area contributed by atoms with E-state index in [-0.39, 0.29) is 5.97 Å². The molecule has 0 saturated heterocycles. The number of hydrogen-bond acceptors (Lipinski definition) is 3. The van der Waals surface area contributed by atoms with Crippen LogP contribution in [0.3, 0.4) is 0 Å². The first-order valence-corrected chi connectivity index (χ1v) is 9.48. The SMILES string of the molecule is CCCOC(=O)c1ccc(N=Cc2c3ccccc3cc3ccccc23)cc1. The lowest BCUT2D eigenvalue weighted by atomic mass is 9.97. The van der Waals surface area contributed by atoms with E-state index in [0.29, 0.717) is 12.2 Å². The number of fused-ring (bicyclic) bond motifs is 2. The minimum atomic E-state index is -0.294. The molecule has 0 fully saturated rings. The molecule has 0 radical (unpaired) electrons. The molecule has 0 unspecified atom stereocenters. The summed E-state index contributed by atoms with van der Waals surface area (Å²) in [5, 5.41) is 4.72. The number of aliphatic imine (C=N–C) groups is 1. The van der Waals surface area contributed by atoms with E-state index < -0.39 is 0 Å². The Morgan fingerprint density at radius 1 is 0.893 bits per heavy atom. The second-order valence-electron chi connectivity index (χ2n) is 6.67. The molecule has 4 aromatic carbocycles. The van der Waals surface area contributed by atoms with Crippen molar-refractivity contribution in [3.8, 4) is 0 Å². The highest BCUT2D eigenvalue weighted by Crippen LogP contribution is 2.28. The first-order valence-electron chi connectivity index (χ1n) is 9.48. The number of benzene rings is 4. The number of hydrogen-bond donors (Lipinski definition) is 0. The number of carbonyl (C=O) groups excluding carboxylic acids is 1. The fourth-order valence-corrected chi connectivity index (χ4v) is 3.29. The van der Waals surface area contributed by atoms with Gasteiger partial charge in [0.05, 0.1) is 17.9 Å². The van der Waals surface area contributed by atoms with E-state index in [1.807, 2.05) is 49.5 Å². The van der Waals surface area contributed by atoms with E-state index in [0.717, 1.165) is 17.7 Å². The minimum absolute atomic E-state index is 0.294. The van der Waals surface area contributed by atoms with Crippen LogP contribution in [0.15, 0.2) is 83.9 Å². The fourth-order valence-electron chi connectivity index (χ4n) is 3.29. The van der Waals surface area contributed by atoms with Crippen molar-refractivity contribution in [2.24, 2.45) is 4.99 Å². The molecular formula is C25H21NO2. The predicted molar refractivity (Wildman–Crippen MR) is 116 cm³/mol. The van der Waals surface area contributed by atoms with Gasteiger partial charge in [0.1, 0.15) is 0 Å². The fraction of sp³-hybridized carbons (Fsp3) is 0.120. The summed E-state index contributed by atoms with van der Waals surface area (Å²) in [7, 11) is 0. The van der Waals surface area contributed by atoms with Crippen LogP contribution in [0.1, 0.15) is 29.3 Å². The van der Waals surface area contributed by atoms with Gasteiger partial charge in [-0.15, -0.1) is 0 Å². The molecule has 0 saturated carbocycles. The van der Waals surface area contributed by atoms with Crippen LogP contribution in [0.2, 0.25) is 0 Å². The average Bonchev–Trinajstić information content (AvgIpc) is 2.75. The third kappa shape index (κ3) is 3.65. The normalized spacial score (nSPS) is 11.3. The molecule has 0 N–H and O–H groups in total. The zero-order chi connectivity index (χ0) is 19.3. The Kier molecular flexibility index (Phi) is 5.16. The van der Waals surface area contributed by atoms with Crippen LogP contribution in [0.5, 0.6) is 0 Å². The molecule has 28 heavy (non-hydrogen) atoms. The van der Waals surface area contributed by atoms with Crippen molar-refractivity contribution >= 4 is 39.4 Å². The number of ether oxygens (including phenoxy) is 1. The molecule has 0 bridgehead atoms.